The first-order valence-corrected chi connectivity index (χ1v) is 12.2. The Morgan fingerprint density at radius 3 is 2.58 bits per heavy atom. The first-order chi connectivity index (χ1) is 15.8. The number of hydrogen-bond acceptors (Lipinski definition) is 7. The number of carbonyl (C=O) groups is 1. The van der Waals surface area contributed by atoms with E-state index in [1.165, 1.54) is 13.2 Å². The van der Waals surface area contributed by atoms with Crippen LogP contribution >= 0.6 is 0 Å². The number of carbonyl (C=O) groups excluding carboxylic acids is 1. The molecule has 0 bridgehead atoms. The molecular formula is C23H26N4O5S. The smallest absolute Gasteiger partial charge is 0.316 e. The van der Waals surface area contributed by atoms with Gasteiger partial charge in [-0.15, -0.1) is 0 Å². The van der Waals surface area contributed by atoms with Gasteiger partial charge < -0.3 is 14.2 Å². The van der Waals surface area contributed by atoms with E-state index in [9.17, 15) is 13.2 Å². The van der Waals surface area contributed by atoms with Gasteiger partial charge in [-0.25, -0.2) is 8.42 Å². The quantitative estimate of drug-likeness (QED) is 0.583. The Kier molecular flexibility index (Phi) is 6.37. The average Bonchev–Trinajstić information content (AvgIpc) is 3.29. The number of methoxy groups -OCH3 is 1. The highest BCUT2D eigenvalue weighted by molar-refractivity contribution is 7.92. The van der Waals surface area contributed by atoms with Gasteiger partial charge in [0.15, 0.2) is 0 Å². The lowest BCUT2D eigenvalue weighted by molar-refractivity contribution is 0.0674. The van der Waals surface area contributed by atoms with Gasteiger partial charge in [-0.1, -0.05) is 23.4 Å². The van der Waals surface area contributed by atoms with E-state index in [1.807, 2.05) is 13.0 Å². The molecule has 3 aromatic rings. The molecule has 1 fully saturated rings. The molecule has 1 N–H and O–H groups in total. The second-order valence-electron chi connectivity index (χ2n) is 8.07. The first kappa shape index (κ1) is 22.8. The van der Waals surface area contributed by atoms with Gasteiger partial charge >= 0.3 is 11.8 Å². The molecular weight excluding hydrogens is 444 g/mol. The third-order valence-electron chi connectivity index (χ3n) is 5.59. The molecule has 1 aromatic heterocycles. The van der Waals surface area contributed by atoms with Gasteiger partial charge in [0.2, 0.25) is 5.82 Å². The summed E-state index contributed by atoms with van der Waals surface area (Å²) in [7, 11) is -2.46. The van der Waals surface area contributed by atoms with Crippen molar-refractivity contribution in [3.05, 3.63) is 53.4 Å². The van der Waals surface area contributed by atoms with Gasteiger partial charge in [-0.3, -0.25) is 9.52 Å². The number of nitrogens with one attached hydrogen (secondary N) is 1. The van der Waals surface area contributed by atoms with E-state index in [-0.39, 0.29) is 22.5 Å². The Morgan fingerprint density at radius 2 is 1.85 bits per heavy atom. The number of ether oxygens (including phenoxy) is 1. The van der Waals surface area contributed by atoms with Crippen LogP contribution in [-0.4, -0.2) is 49.6 Å². The van der Waals surface area contributed by atoms with Gasteiger partial charge in [0.05, 0.1) is 17.7 Å². The van der Waals surface area contributed by atoms with E-state index in [4.69, 9.17) is 9.26 Å². The van der Waals surface area contributed by atoms with Crippen molar-refractivity contribution in [1.82, 2.24) is 15.0 Å². The largest absolute Gasteiger partial charge is 0.495 e. The van der Waals surface area contributed by atoms with E-state index < -0.39 is 10.0 Å². The summed E-state index contributed by atoms with van der Waals surface area (Å²) in [6, 6.07) is 10.1. The molecule has 174 valence electrons. The molecule has 1 aliphatic heterocycles. The topological polar surface area (TPSA) is 115 Å². The number of aromatic nitrogens is 2. The van der Waals surface area contributed by atoms with Crippen LogP contribution in [0, 0.1) is 13.8 Å². The number of sulfonamides is 1. The summed E-state index contributed by atoms with van der Waals surface area (Å²) >= 11 is 0. The molecule has 1 amide bonds. The predicted molar refractivity (Wildman–Crippen MR) is 123 cm³/mol. The van der Waals surface area contributed by atoms with Crippen LogP contribution in [0.2, 0.25) is 0 Å². The maximum Gasteiger partial charge on any atom is 0.316 e. The van der Waals surface area contributed by atoms with Crippen LogP contribution < -0.4 is 9.46 Å². The fourth-order valence-electron chi connectivity index (χ4n) is 3.79. The van der Waals surface area contributed by atoms with Crippen LogP contribution in [0.1, 0.15) is 41.1 Å². The summed E-state index contributed by atoms with van der Waals surface area (Å²) in [5, 5.41) is 3.91. The zero-order valence-corrected chi connectivity index (χ0v) is 19.6. The van der Waals surface area contributed by atoms with E-state index in [0.29, 0.717) is 35.7 Å². The standard InChI is InChI=1S/C23H26N4O5S/c1-15-7-10-19(31-3)18(13-15)26-33(29,30)20-14-17(9-8-16(20)2)21-24-22(32-25-21)23(28)27-11-5-4-6-12-27/h7-10,13-14,26H,4-6,11-12H2,1-3H3. The lowest BCUT2D eigenvalue weighted by Gasteiger charge is -2.24. The highest BCUT2D eigenvalue weighted by atomic mass is 32.2. The van der Waals surface area contributed by atoms with E-state index in [1.54, 1.807) is 36.1 Å². The number of rotatable bonds is 6. The number of hydrogen-bond donors (Lipinski definition) is 1. The van der Waals surface area contributed by atoms with Crippen molar-refractivity contribution in [2.75, 3.05) is 24.9 Å². The Labute approximate surface area is 192 Å². The van der Waals surface area contributed by atoms with Crippen molar-refractivity contribution in [3.8, 4) is 17.1 Å². The van der Waals surface area contributed by atoms with E-state index >= 15 is 0 Å². The molecule has 9 nitrogen and oxygen atoms in total. The van der Waals surface area contributed by atoms with E-state index in [2.05, 4.69) is 14.9 Å². The molecule has 0 atom stereocenters. The maximum atomic E-state index is 13.2. The van der Waals surface area contributed by atoms with Crippen LogP contribution in [0.15, 0.2) is 45.8 Å². The zero-order valence-electron chi connectivity index (χ0n) is 18.8. The Bertz CT molecular complexity index is 1280. The Morgan fingerprint density at radius 1 is 1.09 bits per heavy atom. The van der Waals surface area contributed by atoms with Crippen molar-refractivity contribution in [2.24, 2.45) is 0 Å². The molecule has 0 radical (unpaired) electrons. The maximum absolute atomic E-state index is 13.2. The van der Waals surface area contributed by atoms with Gasteiger partial charge in [-0.05, 0) is 62.4 Å². The van der Waals surface area contributed by atoms with Crippen LogP contribution in [0.4, 0.5) is 5.69 Å². The lowest BCUT2D eigenvalue weighted by atomic mass is 10.1. The molecule has 1 saturated heterocycles. The summed E-state index contributed by atoms with van der Waals surface area (Å²) in [5.41, 5.74) is 2.21. The number of anilines is 1. The fourth-order valence-corrected chi connectivity index (χ4v) is 5.12. The van der Waals surface area contributed by atoms with Crippen molar-refractivity contribution in [2.45, 2.75) is 38.0 Å². The number of amides is 1. The van der Waals surface area contributed by atoms with Gasteiger partial charge in [0, 0.05) is 18.7 Å². The summed E-state index contributed by atoms with van der Waals surface area (Å²) in [5.74, 6) is 0.165. The van der Waals surface area contributed by atoms with Crippen LogP contribution in [-0.2, 0) is 10.0 Å². The summed E-state index contributed by atoms with van der Waals surface area (Å²) < 4.78 is 39.5. The monoisotopic (exact) mass is 470 g/mol. The number of aryl methyl sites for hydroxylation is 2. The van der Waals surface area contributed by atoms with Crippen molar-refractivity contribution >= 4 is 21.6 Å². The van der Waals surface area contributed by atoms with Crippen molar-refractivity contribution in [1.29, 1.82) is 0 Å². The first-order valence-electron chi connectivity index (χ1n) is 10.7. The molecule has 1 aliphatic rings. The van der Waals surface area contributed by atoms with E-state index in [0.717, 1.165) is 24.8 Å². The molecule has 0 aliphatic carbocycles. The van der Waals surface area contributed by atoms with Crippen LogP contribution in [0.5, 0.6) is 5.75 Å². The highest BCUT2D eigenvalue weighted by Crippen LogP contribution is 2.30. The minimum Gasteiger partial charge on any atom is -0.495 e. The normalized spacial score (nSPS) is 14.2. The molecule has 0 saturated carbocycles. The third kappa shape index (κ3) is 4.85. The zero-order chi connectivity index (χ0) is 23.6. The third-order valence-corrected chi connectivity index (χ3v) is 7.09. The van der Waals surface area contributed by atoms with Gasteiger partial charge in [0.25, 0.3) is 10.0 Å². The average molecular weight is 471 g/mol. The molecule has 2 heterocycles. The summed E-state index contributed by atoms with van der Waals surface area (Å²) in [6.07, 6.45) is 3.00. The number of likely N-dealkylation sites (tertiary alicyclic amines) is 1. The number of nitrogens with zero attached hydrogens (tertiary/aromatic N) is 3. The SMILES string of the molecule is COc1ccc(C)cc1NS(=O)(=O)c1cc(-c2noc(C(=O)N3CCCCC3)n2)ccc1C. The van der Waals surface area contributed by atoms with Gasteiger partial charge in [-0.2, -0.15) is 4.98 Å². The molecule has 10 heteroatoms. The summed E-state index contributed by atoms with van der Waals surface area (Å²) in [4.78, 5) is 18.6. The predicted octanol–water partition coefficient (Wildman–Crippen LogP) is 3.79. The second kappa shape index (κ2) is 9.22. The van der Waals surface area contributed by atoms with Crippen LogP contribution in [0.25, 0.3) is 11.4 Å². The Hall–Kier alpha value is -3.40. The highest BCUT2D eigenvalue weighted by Gasteiger charge is 2.25. The minimum atomic E-state index is -3.94. The number of piperidine rings is 1. The fraction of sp³-hybridized carbons (Fsp3) is 0.348. The number of benzene rings is 2. The van der Waals surface area contributed by atoms with Gasteiger partial charge in [0.1, 0.15) is 5.75 Å². The minimum absolute atomic E-state index is 0.0669. The molecule has 0 spiro atoms. The molecule has 0 unspecified atom stereocenters. The van der Waals surface area contributed by atoms with Crippen molar-refractivity contribution < 1.29 is 22.5 Å². The Balaban J connectivity index is 1.63. The second-order valence-corrected chi connectivity index (χ2v) is 9.72. The summed E-state index contributed by atoms with van der Waals surface area (Å²) in [6.45, 7) is 4.89. The molecule has 33 heavy (non-hydrogen) atoms. The molecule has 4 rings (SSSR count). The van der Waals surface area contributed by atoms with Crippen molar-refractivity contribution in [3.63, 3.8) is 0 Å². The van der Waals surface area contributed by atoms with Crippen LogP contribution in [0.3, 0.4) is 0 Å². The lowest BCUT2D eigenvalue weighted by Crippen LogP contribution is -2.35. The molecule has 2 aromatic carbocycles.